The van der Waals surface area contributed by atoms with Crippen LogP contribution in [0.25, 0.3) is 0 Å². The van der Waals surface area contributed by atoms with Crippen LogP contribution in [0.15, 0.2) is 73.2 Å². The number of halogens is 1. The number of hydrogen-bond acceptors (Lipinski definition) is 4. The van der Waals surface area contributed by atoms with Gasteiger partial charge in [0.1, 0.15) is 5.82 Å². The van der Waals surface area contributed by atoms with Crippen LogP contribution in [-0.2, 0) is 13.0 Å². The fourth-order valence-electron chi connectivity index (χ4n) is 2.76. The topological polar surface area (TPSA) is 59.8 Å². The van der Waals surface area contributed by atoms with Gasteiger partial charge in [0.25, 0.3) is 5.91 Å². The third-order valence-corrected chi connectivity index (χ3v) is 5.10. The average Bonchev–Trinajstić information content (AvgIpc) is 3.36. The second-order valence-corrected chi connectivity index (χ2v) is 7.40. The summed E-state index contributed by atoms with van der Waals surface area (Å²) < 4.78 is 14.8. The van der Waals surface area contributed by atoms with Crippen LogP contribution in [0.5, 0.6) is 0 Å². The van der Waals surface area contributed by atoms with Gasteiger partial charge in [-0.3, -0.25) is 14.8 Å². The fraction of sp³-hybridized carbons (Fsp3) is 0.0952. The van der Waals surface area contributed by atoms with E-state index >= 15 is 0 Å². The summed E-state index contributed by atoms with van der Waals surface area (Å²) in [6.07, 6.45) is 6.01. The van der Waals surface area contributed by atoms with Crippen LogP contribution in [0, 0.1) is 5.82 Å². The lowest BCUT2D eigenvalue weighted by atomic mass is 10.1. The van der Waals surface area contributed by atoms with Gasteiger partial charge in [-0.25, -0.2) is 9.37 Å². The van der Waals surface area contributed by atoms with Gasteiger partial charge in [0, 0.05) is 35.5 Å². The monoisotopic (exact) mass is 392 g/mol. The molecule has 0 saturated carbocycles. The Morgan fingerprint density at radius 2 is 1.82 bits per heavy atom. The molecule has 0 atom stereocenters. The number of amides is 1. The number of nitrogens with one attached hydrogen (secondary N) is 1. The van der Waals surface area contributed by atoms with Gasteiger partial charge in [-0.05, 0) is 41.5 Å². The van der Waals surface area contributed by atoms with Crippen molar-refractivity contribution in [3.05, 3.63) is 101 Å². The molecule has 1 amide bonds. The molecule has 4 aromatic rings. The first kappa shape index (κ1) is 18.1. The van der Waals surface area contributed by atoms with Gasteiger partial charge >= 0.3 is 0 Å². The molecular formula is C21H17FN4OS. The lowest BCUT2D eigenvalue weighted by molar-refractivity contribution is 0.102. The number of hydrogen-bond donors (Lipinski definition) is 1. The Balaban J connectivity index is 1.37. The van der Waals surface area contributed by atoms with Crippen molar-refractivity contribution in [2.45, 2.75) is 13.0 Å². The molecule has 7 heteroatoms. The third-order valence-electron chi connectivity index (χ3n) is 4.19. The molecule has 0 saturated heterocycles. The van der Waals surface area contributed by atoms with Gasteiger partial charge in [0.15, 0.2) is 5.13 Å². The van der Waals surface area contributed by atoms with E-state index in [0.717, 1.165) is 16.0 Å². The summed E-state index contributed by atoms with van der Waals surface area (Å²) in [5.41, 5.74) is 2.63. The molecule has 0 radical (unpaired) electrons. The number of benzene rings is 2. The van der Waals surface area contributed by atoms with Gasteiger partial charge in [0.2, 0.25) is 0 Å². The van der Waals surface area contributed by atoms with Gasteiger partial charge in [-0.1, -0.05) is 24.3 Å². The standard InChI is InChI=1S/C21H17FN4OS/c22-18-8-4-15(5-9-18)12-19-13-23-21(28-19)25-20(27)17-6-2-16(3-7-17)14-26-11-1-10-24-26/h1-11,13H,12,14H2,(H,23,25,27). The second kappa shape index (κ2) is 8.14. The molecule has 28 heavy (non-hydrogen) atoms. The highest BCUT2D eigenvalue weighted by Crippen LogP contribution is 2.22. The maximum absolute atomic E-state index is 13.0. The van der Waals surface area contributed by atoms with Crippen molar-refractivity contribution in [1.29, 1.82) is 0 Å². The SMILES string of the molecule is O=C(Nc1ncc(Cc2ccc(F)cc2)s1)c1ccc(Cn2cccn2)cc1. The summed E-state index contributed by atoms with van der Waals surface area (Å²) in [5, 5.41) is 7.55. The Labute approximate surface area is 165 Å². The first-order chi connectivity index (χ1) is 13.7. The lowest BCUT2D eigenvalue weighted by Gasteiger charge is -2.05. The minimum absolute atomic E-state index is 0.201. The maximum atomic E-state index is 13.0. The van der Waals surface area contributed by atoms with E-state index in [2.05, 4.69) is 15.4 Å². The summed E-state index contributed by atoms with van der Waals surface area (Å²) in [6.45, 7) is 0.661. The van der Waals surface area contributed by atoms with Crippen LogP contribution in [-0.4, -0.2) is 20.7 Å². The molecule has 0 aliphatic rings. The Hall–Kier alpha value is -3.32. The third kappa shape index (κ3) is 4.50. The molecule has 2 heterocycles. The molecule has 0 fully saturated rings. The van der Waals surface area contributed by atoms with Crippen molar-refractivity contribution in [2.24, 2.45) is 0 Å². The van der Waals surface area contributed by atoms with Crippen LogP contribution in [0.2, 0.25) is 0 Å². The predicted molar refractivity (Wildman–Crippen MR) is 107 cm³/mol. The van der Waals surface area contributed by atoms with Crippen LogP contribution in [0.3, 0.4) is 0 Å². The molecule has 0 unspecified atom stereocenters. The highest BCUT2D eigenvalue weighted by Gasteiger charge is 2.10. The number of carbonyl (C=O) groups is 1. The fourth-order valence-corrected chi connectivity index (χ4v) is 3.60. The summed E-state index contributed by atoms with van der Waals surface area (Å²) >= 11 is 1.41. The van der Waals surface area contributed by atoms with Gasteiger partial charge in [0.05, 0.1) is 6.54 Å². The quantitative estimate of drug-likeness (QED) is 0.530. The molecule has 0 bridgehead atoms. The number of carbonyl (C=O) groups excluding carboxylic acids is 1. The first-order valence-electron chi connectivity index (χ1n) is 8.72. The molecule has 5 nitrogen and oxygen atoms in total. The minimum Gasteiger partial charge on any atom is -0.298 e. The minimum atomic E-state index is -0.253. The van der Waals surface area contributed by atoms with E-state index in [-0.39, 0.29) is 11.7 Å². The molecule has 0 aliphatic carbocycles. The van der Waals surface area contributed by atoms with E-state index in [0.29, 0.717) is 23.7 Å². The Morgan fingerprint density at radius 3 is 2.54 bits per heavy atom. The molecular weight excluding hydrogens is 375 g/mol. The zero-order chi connectivity index (χ0) is 19.3. The van der Waals surface area contributed by atoms with Crippen molar-refractivity contribution in [3.8, 4) is 0 Å². The van der Waals surface area contributed by atoms with Gasteiger partial charge in [-0.2, -0.15) is 5.10 Å². The molecule has 140 valence electrons. The summed E-state index contributed by atoms with van der Waals surface area (Å²) in [6, 6.07) is 15.7. The van der Waals surface area contributed by atoms with E-state index < -0.39 is 0 Å². The lowest BCUT2D eigenvalue weighted by Crippen LogP contribution is -2.11. The summed E-state index contributed by atoms with van der Waals surface area (Å²) in [4.78, 5) is 17.7. The smallest absolute Gasteiger partial charge is 0.257 e. The molecule has 2 aromatic heterocycles. The molecule has 1 N–H and O–H groups in total. The van der Waals surface area contributed by atoms with Crippen LogP contribution in [0.4, 0.5) is 9.52 Å². The number of thiazole rings is 1. The highest BCUT2D eigenvalue weighted by molar-refractivity contribution is 7.15. The van der Waals surface area contributed by atoms with Crippen molar-refractivity contribution in [3.63, 3.8) is 0 Å². The summed E-state index contributed by atoms with van der Waals surface area (Å²) in [5.74, 6) is -0.454. The normalized spacial score (nSPS) is 10.8. The van der Waals surface area contributed by atoms with Crippen LogP contribution >= 0.6 is 11.3 Å². The van der Waals surface area contributed by atoms with E-state index in [9.17, 15) is 9.18 Å². The predicted octanol–water partition coefficient (Wildman–Crippen LogP) is 4.37. The van der Waals surface area contributed by atoms with Crippen molar-refractivity contribution < 1.29 is 9.18 Å². The average molecular weight is 392 g/mol. The van der Waals surface area contributed by atoms with E-state index in [4.69, 9.17) is 0 Å². The number of nitrogens with zero attached hydrogens (tertiary/aromatic N) is 3. The van der Waals surface area contributed by atoms with Gasteiger partial charge < -0.3 is 0 Å². The number of rotatable bonds is 6. The maximum Gasteiger partial charge on any atom is 0.257 e. The largest absolute Gasteiger partial charge is 0.298 e. The Morgan fingerprint density at radius 1 is 1.07 bits per heavy atom. The molecule has 0 aliphatic heterocycles. The van der Waals surface area contributed by atoms with Crippen molar-refractivity contribution >= 4 is 22.4 Å². The van der Waals surface area contributed by atoms with E-state index in [1.807, 2.05) is 29.1 Å². The zero-order valence-corrected chi connectivity index (χ0v) is 15.7. The van der Waals surface area contributed by atoms with Gasteiger partial charge in [-0.15, -0.1) is 11.3 Å². The van der Waals surface area contributed by atoms with Crippen LogP contribution in [0.1, 0.15) is 26.4 Å². The molecule has 0 spiro atoms. The highest BCUT2D eigenvalue weighted by atomic mass is 32.1. The Kier molecular flexibility index (Phi) is 5.25. The number of anilines is 1. The second-order valence-electron chi connectivity index (χ2n) is 6.29. The first-order valence-corrected chi connectivity index (χ1v) is 9.54. The molecule has 2 aromatic carbocycles. The Bertz CT molecular complexity index is 1060. The van der Waals surface area contributed by atoms with Crippen molar-refractivity contribution in [1.82, 2.24) is 14.8 Å². The van der Waals surface area contributed by atoms with E-state index in [1.165, 1.54) is 23.5 Å². The zero-order valence-electron chi connectivity index (χ0n) is 14.9. The number of aromatic nitrogens is 3. The molecule has 4 rings (SSSR count). The van der Waals surface area contributed by atoms with E-state index in [1.54, 1.807) is 36.7 Å². The van der Waals surface area contributed by atoms with Crippen LogP contribution < -0.4 is 5.32 Å². The summed E-state index contributed by atoms with van der Waals surface area (Å²) in [7, 11) is 0. The van der Waals surface area contributed by atoms with Crippen molar-refractivity contribution in [2.75, 3.05) is 5.32 Å².